The van der Waals surface area contributed by atoms with Crippen LogP contribution in [0.3, 0.4) is 0 Å². The van der Waals surface area contributed by atoms with Gasteiger partial charge in [-0.3, -0.25) is 0 Å². The number of halogens is 1. The van der Waals surface area contributed by atoms with E-state index in [0.29, 0.717) is 11.8 Å². The van der Waals surface area contributed by atoms with Crippen LogP contribution >= 0.6 is 11.6 Å². The van der Waals surface area contributed by atoms with Gasteiger partial charge in [-0.05, 0) is 37.5 Å². The Hall–Kier alpha value is -0.230. The van der Waals surface area contributed by atoms with E-state index in [2.05, 4.69) is 13.2 Å². The van der Waals surface area contributed by atoms with Gasteiger partial charge in [0.05, 0.1) is 5.38 Å². The van der Waals surface area contributed by atoms with Crippen molar-refractivity contribution < 1.29 is 0 Å². The lowest BCUT2D eigenvalue weighted by atomic mass is 10.0. The average Bonchev–Trinajstić information content (AvgIpc) is 2.90. The SMILES string of the molecule is C=C(C1CC1)C(Cl)C(=C)C1CC1. The number of allylic oxidation sites excluding steroid dienone is 2. The second kappa shape index (κ2) is 2.92. The Bertz CT molecular complexity index is 197. The van der Waals surface area contributed by atoms with Crippen LogP contribution < -0.4 is 0 Å². The second-order valence-corrected chi connectivity index (χ2v) is 4.50. The van der Waals surface area contributed by atoms with Gasteiger partial charge in [-0.15, -0.1) is 11.6 Å². The van der Waals surface area contributed by atoms with Gasteiger partial charge in [-0.1, -0.05) is 24.3 Å². The molecule has 0 bridgehead atoms. The minimum Gasteiger partial charge on any atom is -0.113 e. The minimum absolute atomic E-state index is 0.0602. The van der Waals surface area contributed by atoms with Crippen molar-refractivity contribution in [3.05, 3.63) is 24.3 Å². The molecule has 0 aromatic carbocycles. The van der Waals surface area contributed by atoms with Gasteiger partial charge < -0.3 is 0 Å². The third-order valence-electron chi connectivity index (χ3n) is 2.85. The first-order valence-electron chi connectivity index (χ1n) is 4.71. The van der Waals surface area contributed by atoms with Gasteiger partial charge in [0.1, 0.15) is 0 Å². The number of alkyl halides is 1. The molecule has 0 aromatic rings. The molecule has 0 nitrogen and oxygen atoms in total. The van der Waals surface area contributed by atoms with Crippen molar-refractivity contribution in [3.8, 4) is 0 Å². The fourth-order valence-corrected chi connectivity index (χ4v) is 1.92. The predicted molar refractivity (Wildman–Crippen MR) is 53.4 cm³/mol. The highest BCUT2D eigenvalue weighted by Gasteiger charge is 2.34. The summed E-state index contributed by atoms with van der Waals surface area (Å²) in [6.45, 7) is 8.11. The maximum atomic E-state index is 6.25. The Labute approximate surface area is 79.3 Å². The van der Waals surface area contributed by atoms with E-state index in [1.807, 2.05) is 0 Å². The smallest absolute Gasteiger partial charge is 0.0755 e. The summed E-state index contributed by atoms with van der Waals surface area (Å²) in [7, 11) is 0. The molecule has 0 unspecified atom stereocenters. The van der Waals surface area contributed by atoms with Crippen LogP contribution in [0.15, 0.2) is 24.3 Å². The maximum Gasteiger partial charge on any atom is 0.0755 e. The first-order chi connectivity index (χ1) is 5.70. The highest BCUT2D eigenvalue weighted by atomic mass is 35.5. The molecule has 0 amide bonds. The summed E-state index contributed by atoms with van der Waals surface area (Å²) in [5, 5.41) is 0.0602. The summed E-state index contributed by atoms with van der Waals surface area (Å²) in [4.78, 5) is 0. The molecule has 0 spiro atoms. The van der Waals surface area contributed by atoms with Gasteiger partial charge in [0, 0.05) is 0 Å². The van der Waals surface area contributed by atoms with Gasteiger partial charge >= 0.3 is 0 Å². The first kappa shape index (κ1) is 8.37. The third kappa shape index (κ3) is 1.59. The van der Waals surface area contributed by atoms with Crippen LogP contribution in [0.2, 0.25) is 0 Å². The normalized spacial score (nSPS) is 22.8. The quantitative estimate of drug-likeness (QED) is 0.461. The first-order valence-corrected chi connectivity index (χ1v) is 5.15. The third-order valence-corrected chi connectivity index (χ3v) is 3.42. The van der Waals surface area contributed by atoms with Crippen molar-refractivity contribution in [1.29, 1.82) is 0 Å². The molecule has 1 heteroatoms. The molecule has 2 aliphatic carbocycles. The largest absolute Gasteiger partial charge is 0.113 e. The van der Waals surface area contributed by atoms with E-state index in [0.717, 1.165) is 0 Å². The maximum absolute atomic E-state index is 6.25. The molecule has 0 saturated heterocycles. The molecule has 0 aromatic heterocycles. The van der Waals surface area contributed by atoms with Crippen LogP contribution in [-0.2, 0) is 0 Å². The molecule has 2 saturated carbocycles. The number of hydrogen-bond donors (Lipinski definition) is 0. The molecular weight excluding hydrogens is 168 g/mol. The Morgan fingerprint density at radius 2 is 1.33 bits per heavy atom. The molecule has 66 valence electrons. The van der Waals surface area contributed by atoms with Gasteiger partial charge in [-0.2, -0.15) is 0 Å². The molecule has 2 aliphatic rings. The van der Waals surface area contributed by atoms with E-state index >= 15 is 0 Å². The lowest BCUT2D eigenvalue weighted by Gasteiger charge is -2.14. The molecule has 0 N–H and O–H groups in total. The van der Waals surface area contributed by atoms with E-state index < -0.39 is 0 Å². The standard InChI is InChI=1S/C11H15Cl/c1-7(9-3-4-9)11(12)8(2)10-5-6-10/h9-11H,1-6H2. The van der Waals surface area contributed by atoms with Crippen molar-refractivity contribution in [3.63, 3.8) is 0 Å². The van der Waals surface area contributed by atoms with Crippen LogP contribution in [0, 0.1) is 11.8 Å². The molecular formula is C11H15Cl. The zero-order valence-electron chi connectivity index (χ0n) is 7.35. The van der Waals surface area contributed by atoms with E-state index in [1.54, 1.807) is 0 Å². The minimum atomic E-state index is 0.0602. The van der Waals surface area contributed by atoms with Crippen LogP contribution in [0.4, 0.5) is 0 Å². The zero-order chi connectivity index (χ0) is 8.72. The molecule has 0 radical (unpaired) electrons. The van der Waals surface area contributed by atoms with Crippen LogP contribution in [0.5, 0.6) is 0 Å². The Morgan fingerprint density at radius 1 is 1.00 bits per heavy atom. The lowest BCUT2D eigenvalue weighted by molar-refractivity contribution is 0.872. The Balaban J connectivity index is 1.92. The second-order valence-electron chi connectivity index (χ2n) is 4.06. The topological polar surface area (TPSA) is 0 Å². The summed E-state index contributed by atoms with van der Waals surface area (Å²) in [6.07, 6.45) is 5.17. The predicted octanol–water partition coefficient (Wildman–Crippen LogP) is 3.53. The summed E-state index contributed by atoms with van der Waals surface area (Å²) in [5.74, 6) is 1.42. The van der Waals surface area contributed by atoms with Crippen molar-refractivity contribution in [2.75, 3.05) is 0 Å². The highest BCUT2D eigenvalue weighted by Crippen LogP contribution is 2.45. The fraction of sp³-hybridized carbons (Fsp3) is 0.636. The van der Waals surface area contributed by atoms with Gasteiger partial charge in [0.2, 0.25) is 0 Å². The van der Waals surface area contributed by atoms with Crippen LogP contribution in [0.25, 0.3) is 0 Å². The van der Waals surface area contributed by atoms with E-state index in [9.17, 15) is 0 Å². The summed E-state index contributed by atoms with van der Waals surface area (Å²) < 4.78 is 0. The Morgan fingerprint density at radius 3 is 1.58 bits per heavy atom. The van der Waals surface area contributed by atoms with Crippen molar-refractivity contribution >= 4 is 11.6 Å². The molecule has 2 rings (SSSR count). The highest BCUT2D eigenvalue weighted by molar-refractivity contribution is 6.24. The molecule has 12 heavy (non-hydrogen) atoms. The average molecular weight is 183 g/mol. The summed E-state index contributed by atoms with van der Waals surface area (Å²) in [5.41, 5.74) is 2.43. The summed E-state index contributed by atoms with van der Waals surface area (Å²) in [6, 6.07) is 0. The van der Waals surface area contributed by atoms with E-state index in [-0.39, 0.29) is 5.38 Å². The zero-order valence-corrected chi connectivity index (χ0v) is 8.11. The molecule has 2 fully saturated rings. The van der Waals surface area contributed by atoms with Crippen LogP contribution in [-0.4, -0.2) is 5.38 Å². The summed E-state index contributed by atoms with van der Waals surface area (Å²) >= 11 is 6.25. The Kier molecular flexibility index (Phi) is 2.04. The van der Waals surface area contributed by atoms with Crippen molar-refractivity contribution in [2.24, 2.45) is 11.8 Å². The van der Waals surface area contributed by atoms with Gasteiger partial charge in [0.25, 0.3) is 0 Å². The molecule has 0 atom stereocenters. The monoisotopic (exact) mass is 182 g/mol. The van der Waals surface area contributed by atoms with E-state index in [1.165, 1.54) is 36.8 Å². The van der Waals surface area contributed by atoms with Crippen LogP contribution in [0.1, 0.15) is 25.7 Å². The van der Waals surface area contributed by atoms with Crippen molar-refractivity contribution in [1.82, 2.24) is 0 Å². The fourth-order valence-electron chi connectivity index (χ4n) is 1.56. The lowest BCUT2D eigenvalue weighted by Crippen LogP contribution is -2.08. The molecule has 0 heterocycles. The van der Waals surface area contributed by atoms with Gasteiger partial charge in [-0.25, -0.2) is 0 Å². The van der Waals surface area contributed by atoms with E-state index in [4.69, 9.17) is 11.6 Å². The van der Waals surface area contributed by atoms with Gasteiger partial charge in [0.15, 0.2) is 0 Å². The number of hydrogen-bond acceptors (Lipinski definition) is 0. The van der Waals surface area contributed by atoms with Crippen molar-refractivity contribution in [2.45, 2.75) is 31.1 Å². The molecule has 0 aliphatic heterocycles. The number of rotatable bonds is 4.